The van der Waals surface area contributed by atoms with Gasteiger partial charge >= 0.3 is 6.03 Å². The maximum atomic E-state index is 12.7. The zero-order valence-corrected chi connectivity index (χ0v) is 21.1. The standard InChI is InChI=1S/C26H31N5O3S/c1-4-6-8-18-10-9-17(3)14-21(18)31-23(33)16-35-26(31)30-25(34)29-20-12-11-19(15-22(20)32)24(27)28-13-7-5-2/h9-15,27,32H,4-8,16H2,1-3H3,(H,29,34)/b27-24?,28-13?,30-26-. The average Bonchev–Trinajstić information content (AvgIpc) is 3.19. The zero-order valence-electron chi connectivity index (χ0n) is 20.3. The Kier molecular flexibility index (Phi) is 9.19. The van der Waals surface area contributed by atoms with Crippen molar-refractivity contribution in [2.75, 3.05) is 16.0 Å². The van der Waals surface area contributed by atoms with Gasteiger partial charge < -0.3 is 10.4 Å². The van der Waals surface area contributed by atoms with Crippen molar-refractivity contribution < 1.29 is 14.7 Å². The molecule has 8 nitrogen and oxygen atoms in total. The topological polar surface area (TPSA) is 118 Å². The summed E-state index contributed by atoms with van der Waals surface area (Å²) in [6.45, 7) is 6.10. The number of urea groups is 1. The number of rotatable bonds is 8. The molecule has 1 aliphatic heterocycles. The average molecular weight is 494 g/mol. The Bertz CT molecular complexity index is 1180. The van der Waals surface area contributed by atoms with Crippen LogP contribution in [0.2, 0.25) is 0 Å². The predicted octanol–water partition coefficient (Wildman–Crippen LogP) is 5.91. The molecule has 184 valence electrons. The molecule has 2 aromatic rings. The molecule has 0 spiro atoms. The van der Waals surface area contributed by atoms with Crippen molar-refractivity contribution >= 4 is 52.3 Å². The van der Waals surface area contributed by atoms with Gasteiger partial charge in [0.2, 0.25) is 5.91 Å². The van der Waals surface area contributed by atoms with Crippen LogP contribution in [0, 0.1) is 12.3 Å². The number of hydrogen-bond acceptors (Lipinski definition) is 5. The number of unbranched alkanes of at least 4 members (excludes halogenated alkanes) is 2. The van der Waals surface area contributed by atoms with E-state index in [2.05, 4.69) is 22.2 Å². The van der Waals surface area contributed by atoms with Gasteiger partial charge in [0.25, 0.3) is 0 Å². The molecule has 1 fully saturated rings. The number of nitrogens with zero attached hydrogens (tertiary/aromatic N) is 3. The Labute approximate surface area is 210 Å². The molecule has 3 amide bonds. The Morgan fingerprint density at radius 1 is 1.23 bits per heavy atom. The third kappa shape index (κ3) is 6.79. The molecule has 1 heterocycles. The number of phenols is 1. The highest BCUT2D eigenvalue weighted by molar-refractivity contribution is 8.15. The van der Waals surface area contributed by atoms with Crippen molar-refractivity contribution in [3.05, 3.63) is 53.1 Å². The van der Waals surface area contributed by atoms with Crippen LogP contribution in [-0.4, -0.2) is 40.0 Å². The van der Waals surface area contributed by atoms with Crippen molar-refractivity contribution in [2.45, 2.75) is 52.9 Å². The Morgan fingerprint density at radius 2 is 2.03 bits per heavy atom. The molecule has 0 atom stereocenters. The fraction of sp³-hybridized carbons (Fsp3) is 0.346. The van der Waals surface area contributed by atoms with Crippen LogP contribution in [0.3, 0.4) is 0 Å². The first-order chi connectivity index (χ1) is 16.8. The molecule has 35 heavy (non-hydrogen) atoms. The normalized spacial score (nSPS) is 14.8. The molecule has 1 saturated heterocycles. The monoisotopic (exact) mass is 493 g/mol. The fourth-order valence-electron chi connectivity index (χ4n) is 3.52. The lowest BCUT2D eigenvalue weighted by molar-refractivity contribution is -0.115. The van der Waals surface area contributed by atoms with Crippen LogP contribution >= 0.6 is 11.8 Å². The van der Waals surface area contributed by atoms with Gasteiger partial charge in [0.15, 0.2) is 11.0 Å². The number of aryl methyl sites for hydroxylation is 2. The summed E-state index contributed by atoms with van der Waals surface area (Å²) in [6, 6.07) is 9.77. The number of anilines is 2. The second-order valence-electron chi connectivity index (χ2n) is 8.26. The van der Waals surface area contributed by atoms with Crippen LogP contribution in [-0.2, 0) is 11.2 Å². The summed E-state index contributed by atoms with van der Waals surface area (Å²) in [5, 5.41) is 21.2. The minimum atomic E-state index is -0.700. The van der Waals surface area contributed by atoms with Gasteiger partial charge in [-0.25, -0.2) is 9.79 Å². The maximum absolute atomic E-state index is 12.7. The molecule has 3 N–H and O–H groups in total. The summed E-state index contributed by atoms with van der Waals surface area (Å²) >= 11 is 1.21. The molecule has 1 aliphatic rings. The Balaban J connectivity index is 1.80. The molecule has 0 unspecified atom stereocenters. The number of amidine groups is 2. The summed E-state index contributed by atoms with van der Waals surface area (Å²) in [7, 11) is 0. The number of carbonyl (C=O) groups excluding carboxylic acids is 2. The van der Waals surface area contributed by atoms with Crippen LogP contribution < -0.4 is 10.2 Å². The van der Waals surface area contributed by atoms with Crippen LogP contribution in [0.25, 0.3) is 0 Å². The van der Waals surface area contributed by atoms with E-state index >= 15 is 0 Å². The molecule has 0 aromatic heterocycles. The predicted molar refractivity (Wildman–Crippen MR) is 145 cm³/mol. The molecule has 2 aromatic carbocycles. The highest BCUT2D eigenvalue weighted by Gasteiger charge is 2.32. The summed E-state index contributed by atoms with van der Waals surface area (Å²) in [6.07, 6.45) is 6.22. The van der Waals surface area contributed by atoms with Gasteiger partial charge in [0, 0.05) is 11.8 Å². The number of benzene rings is 2. The van der Waals surface area contributed by atoms with Crippen molar-refractivity contribution in [2.24, 2.45) is 9.98 Å². The molecular formula is C26H31N5O3S. The first kappa shape index (κ1) is 26.2. The molecule has 0 aliphatic carbocycles. The van der Waals surface area contributed by atoms with E-state index in [0.717, 1.165) is 48.9 Å². The van der Waals surface area contributed by atoms with Crippen molar-refractivity contribution in [1.82, 2.24) is 0 Å². The van der Waals surface area contributed by atoms with E-state index in [0.29, 0.717) is 10.7 Å². The number of aromatic hydroxyl groups is 1. The molecule has 0 saturated carbocycles. The molecule has 9 heteroatoms. The molecule has 3 rings (SSSR count). The van der Waals surface area contributed by atoms with E-state index in [1.165, 1.54) is 28.8 Å². The quantitative estimate of drug-likeness (QED) is 0.241. The second-order valence-corrected chi connectivity index (χ2v) is 9.20. The minimum Gasteiger partial charge on any atom is -0.506 e. The van der Waals surface area contributed by atoms with Gasteiger partial charge in [0.1, 0.15) is 5.75 Å². The molecule has 0 radical (unpaired) electrons. The van der Waals surface area contributed by atoms with Crippen LogP contribution in [0.1, 0.15) is 56.2 Å². The number of nitrogens with one attached hydrogen (secondary N) is 2. The number of amides is 3. The number of phenolic OH excluding ortho intramolecular Hbond substituents is 1. The van der Waals surface area contributed by atoms with Gasteiger partial charge in [-0.2, -0.15) is 4.99 Å². The van der Waals surface area contributed by atoms with E-state index in [9.17, 15) is 14.7 Å². The maximum Gasteiger partial charge on any atom is 0.347 e. The smallest absolute Gasteiger partial charge is 0.347 e. The van der Waals surface area contributed by atoms with E-state index in [1.807, 2.05) is 32.0 Å². The van der Waals surface area contributed by atoms with Gasteiger partial charge in [0.05, 0.1) is 17.1 Å². The van der Waals surface area contributed by atoms with E-state index < -0.39 is 6.03 Å². The minimum absolute atomic E-state index is 0.0282. The first-order valence-electron chi connectivity index (χ1n) is 11.7. The van der Waals surface area contributed by atoms with Crippen molar-refractivity contribution in [3.8, 4) is 5.75 Å². The third-order valence-electron chi connectivity index (χ3n) is 5.39. The van der Waals surface area contributed by atoms with E-state index in [1.54, 1.807) is 12.3 Å². The Hall–Kier alpha value is -3.46. The van der Waals surface area contributed by atoms with Crippen molar-refractivity contribution in [3.63, 3.8) is 0 Å². The van der Waals surface area contributed by atoms with E-state index in [4.69, 9.17) is 5.41 Å². The van der Waals surface area contributed by atoms with Crippen LogP contribution in [0.15, 0.2) is 46.4 Å². The van der Waals surface area contributed by atoms with Gasteiger partial charge in [-0.15, -0.1) is 0 Å². The second kappa shape index (κ2) is 12.3. The Morgan fingerprint density at radius 3 is 2.74 bits per heavy atom. The lowest BCUT2D eigenvalue weighted by Crippen LogP contribution is -2.31. The number of carbonyl (C=O) groups is 2. The lowest BCUT2D eigenvalue weighted by Gasteiger charge is -2.20. The van der Waals surface area contributed by atoms with Gasteiger partial charge in [-0.1, -0.05) is 50.6 Å². The number of hydrogen-bond donors (Lipinski definition) is 3. The first-order valence-corrected chi connectivity index (χ1v) is 12.7. The summed E-state index contributed by atoms with van der Waals surface area (Å²) in [5.74, 6) is -0.0906. The third-order valence-corrected chi connectivity index (χ3v) is 6.32. The summed E-state index contributed by atoms with van der Waals surface area (Å²) in [4.78, 5) is 35.1. The lowest BCUT2D eigenvalue weighted by atomic mass is 10.0. The largest absolute Gasteiger partial charge is 0.506 e. The highest BCUT2D eigenvalue weighted by Crippen LogP contribution is 2.32. The fourth-order valence-corrected chi connectivity index (χ4v) is 4.37. The van der Waals surface area contributed by atoms with Crippen LogP contribution in [0.5, 0.6) is 5.75 Å². The van der Waals surface area contributed by atoms with Crippen LogP contribution in [0.4, 0.5) is 16.2 Å². The highest BCUT2D eigenvalue weighted by atomic mass is 32.2. The SMILES string of the molecule is CCCC=NC(=N)c1ccc(NC(=O)/N=C2\SCC(=O)N2c2cc(C)ccc2CCCC)c(O)c1. The summed E-state index contributed by atoms with van der Waals surface area (Å²) < 4.78 is 0. The zero-order chi connectivity index (χ0) is 25.4. The van der Waals surface area contributed by atoms with Gasteiger partial charge in [-0.3, -0.25) is 15.1 Å². The number of aliphatic imine (C=N–C) groups is 2. The van der Waals surface area contributed by atoms with E-state index in [-0.39, 0.29) is 28.9 Å². The van der Waals surface area contributed by atoms with Gasteiger partial charge in [-0.05, 0) is 61.6 Å². The molecule has 0 bridgehead atoms. The van der Waals surface area contributed by atoms with Crippen molar-refractivity contribution in [1.29, 1.82) is 5.41 Å². The number of thioether (sulfide) groups is 1. The summed E-state index contributed by atoms with van der Waals surface area (Å²) in [5.41, 5.74) is 3.41. The molecular weight excluding hydrogens is 462 g/mol.